The maximum absolute atomic E-state index is 11.4. The van der Waals surface area contributed by atoms with Gasteiger partial charge in [-0.2, -0.15) is 0 Å². The van der Waals surface area contributed by atoms with E-state index in [9.17, 15) is 14.7 Å². The Morgan fingerprint density at radius 3 is 2.44 bits per heavy atom. The minimum atomic E-state index is -1.48. The Morgan fingerprint density at radius 2 is 2.00 bits per heavy atom. The topological polar surface area (TPSA) is 78.9 Å². The second kappa shape index (κ2) is 6.15. The Kier molecular flexibility index (Phi) is 5.10. The lowest BCUT2D eigenvalue weighted by Gasteiger charge is -2.35. The van der Waals surface area contributed by atoms with Gasteiger partial charge in [0.05, 0.1) is 7.11 Å². The molecule has 0 aromatic rings. The number of likely N-dealkylation sites (tertiary alicyclic amines) is 1. The molecule has 1 heterocycles. The first-order chi connectivity index (χ1) is 8.35. The number of esters is 1. The number of methoxy groups -OCH3 is 1. The maximum Gasteiger partial charge on any atom is 0.338 e. The summed E-state index contributed by atoms with van der Waals surface area (Å²) in [4.78, 5) is 24.3. The molecule has 1 amide bonds. The van der Waals surface area contributed by atoms with Crippen LogP contribution in [0.3, 0.4) is 0 Å². The zero-order valence-electron chi connectivity index (χ0n) is 11.2. The van der Waals surface area contributed by atoms with E-state index in [1.807, 2.05) is 4.90 Å². The predicted octanol–water partition coefficient (Wildman–Crippen LogP) is -0.489. The van der Waals surface area contributed by atoms with Gasteiger partial charge in [0.15, 0.2) is 5.60 Å². The van der Waals surface area contributed by atoms with E-state index in [1.54, 1.807) is 0 Å². The number of aliphatic hydroxyl groups is 1. The zero-order chi connectivity index (χ0) is 13.8. The van der Waals surface area contributed by atoms with E-state index in [-0.39, 0.29) is 18.5 Å². The summed E-state index contributed by atoms with van der Waals surface area (Å²) in [6, 6.07) is 0.196. The number of carbonyl (C=O) groups is 2. The normalized spacial score (nSPS) is 21.1. The van der Waals surface area contributed by atoms with Gasteiger partial charge < -0.3 is 15.2 Å². The smallest absolute Gasteiger partial charge is 0.338 e. The molecule has 0 aromatic heterocycles. The van der Waals surface area contributed by atoms with Crippen molar-refractivity contribution in [1.29, 1.82) is 0 Å². The molecular weight excluding hydrogens is 236 g/mol. The molecule has 0 spiro atoms. The van der Waals surface area contributed by atoms with Crippen LogP contribution in [0.15, 0.2) is 0 Å². The first-order valence-electron chi connectivity index (χ1n) is 6.15. The van der Waals surface area contributed by atoms with E-state index in [4.69, 9.17) is 0 Å². The molecule has 0 bridgehead atoms. The van der Waals surface area contributed by atoms with E-state index < -0.39 is 11.6 Å². The lowest BCUT2D eigenvalue weighted by molar-refractivity contribution is -0.162. The molecule has 6 nitrogen and oxygen atoms in total. The largest absolute Gasteiger partial charge is 0.467 e. The highest BCUT2D eigenvalue weighted by molar-refractivity contribution is 5.78. The molecule has 0 radical (unpaired) electrons. The quantitative estimate of drug-likeness (QED) is 0.665. The third-order valence-electron chi connectivity index (χ3n) is 3.15. The SMILES string of the molecule is COC(=O)C(C)(O)CN1CCC(NC(C)=O)CC1. The highest BCUT2D eigenvalue weighted by Gasteiger charge is 2.34. The number of carbonyl (C=O) groups excluding carboxylic acids is 2. The van der Waals surface area contributed by atoms with E-state index in [0.29, 0.717) is 0 Å². The number of hydrogen-bond acceptors (Lipinski definition) is 5. The number of β-amino-alcohol motifs (C(OH)–C–C–N with tert-alkyl or cyclic N) is 1. The maximum atomic E-state index is 11.4. The van der Waals surface area contributed by atoms with Crippen LogP contribution in [0, 0.1) is 0 Å². The van der Waals surface area contributed by atoms with Crippen LogP contribution in [-0.4, -0.2) is 60.3 Å². The molecule has 1 rings (SSSR count). The van der Waals surface area contributed by atoms with E-state index in [1.165, 1.54) is 21.0 Å². The molecule has 1 aliphatic heterocycles. The molecule has 1 fully saturated rings. The van der Waals surface area contributed by atoms with Crippen molar-refractivity contribution >= 4 is 11.9 Å². The number of amides is 1. The molecule has 1 aliphatic rings. The van der Waals surface area contributed by atoms with Crippen molar-refractivity contribution in [2.24, 2.45) is 0 Å². The highest BCUT2D eigenvalue weighted by Crippen LogP contribution is 2.15. The van der Waals surface area contributed by atoms with Crippen molar-refractivity contribution in [2.75, 3.05) is 26.7 Å². The molecule has 1 unspecified atom stereocenters. The minimum absolute atomic E-state index is 0.0185. The first-order valence-corrected chi connectivity index (χ1v) is 6.15. The van der Waals surface area contributed by atoms with Gasteiger partial charge in [-0.05, 0) is 19.8 Å². The molecule has 6 heteroatoms. The Bertz CT molecular complexity index is 309. The van der Waals surface area contributed by atoms with Crippen molar-refractivity contribution < 1.29 is 19.4 Å². The van der Waals surface area contributed by atoms with Crippen LogP contribution in [0.4, 0.5) is 0 Å². The second-order valence-corrected chi connectivity index (χ2v) is 5.02. The monoisotopic (exact) mass is 258 g/mol. The van der Waals surface area contributed by atoms with Gasteiger partial charge >= 0.3 is 5.97 Å². The van der Waals surface area contributed by atoms with Gasteiger partial charge in [-0.25, -0.2) is 4.79 Å². The molecule has 0 saturated carbocycles. The van der Waals surface area contributed by atoms with E-state index in [0.717, 1.165) is 25.9 Å². The molecule has 2 N–H and O–H groups in total. The van der Waals surface area contributed by atoms with Crippen LogP contribution in [0.1, 0.15) is 26.7 Å². The van der Waals surface area contributed by atoms with Crippen molar-refractivity contribution in [3.8, 4) is 0 Å². The number of nitrogens with one attached hydrogen (secondary N) is 1. The molecule has 0 aliphatic carbocycles. The average molecular weight is 258 g/mol. The number of piperidine rings is 1. The Labute approximate surface area is 107 Å². The number of ether oxygens (including phenoxy) is 1. The molecule has 0 aromatic carbocycles. The Hall–Kier alpha value is -1.14. The van der Waals surface area contributed by atoms with Crippen LogP contribution < -0.4 is 5.32 Å². The summed E-state index contributed by atoms with van der Waals surface area (Å²) in [6.45, 7) is 4.72. The molecule has 1 saturated heterocycles. The fourth-order valence-corrected chi connectivity index (χ4v) is 2.24. The van der Waals surface area contributed by atoms with Crippen LogP contribution in [0.5, 0.6) is 0 Å². The summed E-state index contributed by atoms with van der Waals surface area (Å²) in [6.07, 6.45) is 1.66. The number of nitrogens with zero attached hydrogens (tertiary/aromatic N) is 1. The van der Waals surface area contributed by atoms with Crippen LogP contribution in [0.25, 0.3) is 0 Å². The summed E-state index contributed by atoms with van der Waals surface area (Å²) in [7, 11) is 1.26. The first kappa shape index (κ1) is 14.9. The van der Waals surface area contributed by atoms with Gasteiger partial charge in [-0.15, -0.1) is 0 Å². The molecule has 18 heavy (non-hydrogen) atoms. The number of hydrogen-bond donors (Lipinski definition) is 2. The van der Waals surface area contributed by atoms with Crippen LogP contribution >= 0.6 is 0 Å². The van der Waals surface area contributed by atoms with Crippen LogP contribution in [-0.2, 0) is 14.3 Å². The van der Waals surface area contributed by atoms with Gasteiger partial charge in [-0.1, -0.05) is 0 Å². The van der Waals surface area contributed by atoms with Gasteiger partial charge in [0.1, 0.15) is 0 Å². The summed E-state index contributed by atoms with van der Waals surface area (Å²) in [5.74, 6) is -0.638. The van der Waals surface area contributed by atoms with Gasteiger partial charge in [0.25, 0.3) is 0 Å². The van der Waals surface area contributed by atoms with E-state index >= 15 is 0 Å². The van der Waals surface area contributed by atoms with E-state index in [2.05, 4.69) is 10.1 Å². The highest BCUT2D eigenvalue weighted by atomic mass is 16.5. The predicted molar refractivity (Wildman–Crippen MR) is 65.9 cm³/mol. The summed E-state index contributed by atoms with van der Waals surface area (Å²) >= 11 is 0. The van der Waals surface area contributed by atoms with Gasteiger partial charge in [0, 0.05) is 32.6 Å². The van der Waals surface area contributed by atoms with Crippen molar-refractivity contribution in [3.63, 3.8) is 0 Å². The van der Waals surface area contributed by atoms with Crippen LogP contribution in [0.2, 0.25) is 0 Å². The molecule has 1 atom stereocenters. The van der Waals surface area contributed by atoms with Gasteiger partial charge in [-0.3, -0.25) is 9.69 Å². The summed E-state index contributed by atoms with van der Waals surface area (Å²) in [5.41, 5.74) is -1.48. The van der Waals surface area contributed by atoms with Crippen molar-refractivity contribution in [1.82, 2.24) is 10.2 Å². The number of rotatable bonds is 4. The fourth-order valence-electron chi connectivity index (χ4n) is 2.24. The Balaban J connectivity index is 2.39. The third-order valence-corrected chi connectivity index (χ3v) is 3.15. The second-order valence-electron chi connectivity index (χ2n) is 5.02. The fraction of sp³-hybridized carbons (Fsp3) is 0.833. The van der Waals surface area contributed by atoms with Crippen molar-refractivity contribution in [2.45, 2.75) is 38.3 Å². The molecule has 104 valence electrons. The summed E-state index contributed by atoms with van der Waals surface area (Å²) < 4.78 is 4.56. The molecular formula is C12H22N2O4. The standard InChI is InChI=1S/C12H22N2O4/c1-9(15)13-10-4-6-14(7-5-10)8-12(2,17)11(16)18-3/h10,17H,4-8H2,1-3H3,(H,13,15). The lowest BCUT2D eigenvalue weighted by atomic mass is 10.0. The van der Waals surface area contributed by atoms with Crippen molar-refractivity contribution in [3.05, 3.63) is 0 Å². The summed E-state index contributed by atoms with van der Waals surface area (Å²) in [5, 5.41) is 12.8. The minimum Gasteiger partial charge on any atom is -0.467 e. The van der Waals surface area contributed by atoms with Gasteiger partial charge in [0.2, 0.25) is 5.91 Å². The average Bonchev–Trinajstić information content (AvgIpc) is 2.29. The lowest BCUT2D eigenvalue weighted by Crippen LogP contribution is -2.51. The third kappa shape index (κ3) is 4.27. The Morgan fingerprint density at radius 1 is 1.44 bits per heavy atom. The zero-order valence-corrected chi connectivity index (χ0v) is 11.2.